The predicted octanol–water partition coefficient (Wildman–Crippen LogP) is 2.25. The number of nitrogens with zero attached hydrogens (tertiary/aromatic N) is 3. The van der Waals surface area contributed by atoms with Gasteiger partial charge in [0.25, 0.3) is 0 Å². The molecule has 0 amide bonds. The van der Waals surface area contributed by atoms with E-state index < -0.39 is 10.0 Å². The number of aryl methyl sites for hydroxylation is 2. The first kappa shape index (κ1) is 17.6. The molecule has 1 aliphatic heterocycles. The molecular formula is C16H23N3O3S2. The normalized spacial score (nSPS) is 17.4. The molecule has 1 saturated heterocycles. The van der Waals surface area contributed by atoms with Crippen molar-refractivity contribution in [1.29, 1.82) is 0 Å². The summed E-state index contributed by atoms with van der Waals surface area (Å²) in [5, 5.41) is 3.75. The van der Waals surface area contributed by atoms with Gasteiger partial charge < -0.3 is 4.52 Å². The van der Waals surface area contributed by atoms with E-state index in [0.717, 1.165) is 26.1 Å². The molecule has 8 heteroatoms. The van der Waals surface area contributed by atoms with Gasteiger partial charge in [-0.15, -0.1) is 11.3 Å². The number of hydrogen-bond donors (Lipinski definition) is 0. The van der Waals surface area contributed by atoms with Crippen molar-refractivity contribution in [2.75, 3.05) is 26.2 Å². The molecule has 132 valence electrons. The molecular weight excluding hydrogens is 346 g/mol. The summed E-state index contributed by atoms with van der Waals surface area (Å²) in [4.78, 5) is 5.06. The van der Waals surface area contributed by atoms with Gasteiger partial charge in [0.2, 0.25) is 10.0 Å². The van der Waals surface area contributed by atoms with E-state index in [9.17, 15) is 8.42 Å². The summed E-state index contributed by atoms with van der Waals surface area (Å²) in [6.45, 7) is 7.42. The molecule has 0 N–H and O–H groups in total. The van der Waals surface area contributed by atoms with Gasteiger partial charge in [0, 0.05) is 48.5 Å². The largest absolute Gasteiger partial charge is 0.360 e. The van der Waals surface area contributed by atoms with Crippen LogP contribution >= 0.6 is 11.3 Å². The first-order chi connectivity index (χ1) is 11.5. The summed E-state index contributed by atoms with van der Waals surface area (Å²) in [5.74, 6) is 0.291. The second-order valence-electron chi connectivity index (χ2n) is 6.09. The third kappa shape index (κ3) is 4.24. The van der Waals surface area contributed by atoms with E-state index in [1.165, 1.54) is 9.75 Å². The van der Waals surface area contributed by atoms with Crippen LogP contribution in [0.5, 0.6) is 0 Å². The summed E-state index contributed by atoms with van der Waals surface area (Å²) in [5.41, 5.74) is 0.701. The fraction of sp³-hybridized carbons (Fsp3) is 0.562. The van der Waals surface area contributed by atoms with Crippen LogP contribution in [0.3, 0.4) is 0 Å². The van der Waals surface area contributed by atoms with E-state index in [1.54, 1.807) is 17.3 Å². The van der Waals surface area contributed by atoms with Crippen LogP contribution in [-0.2, 0) is 28.7 Å². The lowest BCUT2D eigenvalue weighted by Crippen LogP contribution is -2.48. The van der Waals surface area contributed by atoms with Crippen molar-refractivity contribution in [2.24, 2.45) is 0 Å². The van der Waals surface area contributed by atoms with Crippen LogP contribution in [0.1, 0.15) is 28.1 Å². The van der Waals surface area contributed by atoms with Gasteiger partial charge in [0.05, 0.1) is 5.69 Å². The quantitative estimate of drug-likeness (QED) is 0.781. The van der Waals surface area contributed by atoms with Crippen molar-refractivity contribution < 1.29 is 12.9 Å². The number of aromatic nitrogens is 1. The lowest BCUT2D eigenvalue weighted by molar-refractivity contribution is 0.182. The Kier molecular flexibility index (Phi) is 5.39. The van der Waals surface area contributed by atoms with Gasteiger partial charge >= 0.3 is 0 Å². The van der Waals surface area contributed by atoms with Gasteiger partial charge in [0.15, 0.2) is 5.76 Å². The molecule has 0 bridgehead atoms. The van der Waals surface area contributed by atoms with E-state index >= 15 is 0 Å². The average molecular weight is 370 g/mol. The lowest BCUT2D eigenvalue weighted by Gasteiger charge is -2.33. The Bertz CT molecular complexity index is 774. The summed E-state index contributed by atoms with van der Waals surface area (Å²) in [7, 11) is -3.34. The fourth-order valence-electron chi connectivity index (χ4n) is 2.84. The maximum absolute atomic E-state index is 12.5. The zero-order chi connectivity index (χ0) is 17.2. The molecule has 3 rings (SSSR count). The first-order valence-electron chi connectivity index (χ1n) is 8.16. The molecule has 1 fully saturated rings. The fourth-order valence-corrected chi connectivity index (χ4v) is 5.24. The Balaban J connectivity index is 1.54. The van der Waals surface area contributed by atoms with Crippen molar-refractivity contribution in [2.45, 2.75) is 32.6 Å². The molecule has 0 unspecified atom stereocenters. The maximum Gasteiger partial charge on any atom is 0.221 e. The van der Waals surface area contributed by atoms with Crippen LogP contribution in [0, 0.1) is 6.92 Å². The van der Waals surface area contributed by atoms with E-state index in [2.05, 4.69) is 29.1 Å². The summed E-state index contributed by atoms with van der Waals surface area (Å²) < 4.78 is 31.6. The molecule has 3 heterocycles. The molecule has 2 aromatic rings. The summed E-state index contributed by atoms with van der Waals surface area (Å²) in [6.07, 6.45) is 1.07. The minimum Gasteiger partial charge on any atom is -0.360 e. The molecule has 0 spiro atoms. The van der Waals surface area contributed by atoms with Crippen molar-refractivity contribution in [3.63, 3.8) is 0 Å². The number of piperazine rings is 1. The van der Waals surface area contributed by atoms with Crippen LogP contribution in [0.15, 0.2) is 22.7 Å². The average Bonchev–Trinajstić information content (AvgIpc) is 3.16. The molecule has 0 aliphatic carbocycles. The molecule has 24 heavy (non-hydrogen) atoms. The molecule has 1 aliphatic rings. The number of sulfonamides is 1. The minimum atomic E-state index is -3.34. The molecule has 0 radical (unpaired) electrons. The monoisotopic (exact) mass is 369 g/mol. The minimum absolute atomic E-state index is 0.112. The Hall–Kier alpha value is -1.22. The second kappa shape index (κ2) is 7.35. The highest BCUT2D eigenvalue weighted by molar-refractivity contribution is 7.88. The van der Waals surface area contributed by atoms with Crippen molar-refractivity contribution in [3.8, 4) is 0 Å². The van der Waals surface area contributed by atoms with Crippen LogP contribution in [-0.4, -0.2) is 49.0 Å². The van der Waals surface area contributed by atoms with E-state index in [4.69, 9.17) is 4.52 Å². The van der Waals surface area contributed by atoms with Gasteiger partial charge in [0.1, 0.15) is 5.75 Å². The van der Waals surface area contributed by atoms with Gasteiger partial charge in [-0.3, -0.25) is 4.90 Å². The van der Waals surface area contributed by atoms with Crippen molar-refractivity contribution >= 4 is 21.4 Å². The Morgan fingerprint density at radius 2 is 1.92 bits per heavy atom. The highest BCUT2D eigenvalue weighted by Crippen LogP contribution is 2.20. The van der Waals surface area contributed by atoms with Gasteiger partial charge in [-0.2, -0.15) is 4.31 Å². The summed E-state index contributed by atoms with van der Waals surface area (Å²) in [6, 6.07) is 6.04. The van der Waals surface area contributed by atoms with Crippen LogP contribution in [0.2, 0.25) is 0 Å². The summed E-state index contributed by atoms with van der Waals surface area (Å²) >= 11 is 1.84. The van der Waals surface area contributed by atoms with Crippen LogP contribution < -0.4 is 0 Å². The highest BCUT2D eigenvalue weighted by Gasteiger charge is 2.28. The van der Waals surface area contributed by atoms with E-state index in [1.807, 2.05) is 11.3 Å². The molecule has 2 aromatic heterocycles. The highest BCUT2D eigenvalue weighted by atomic mass is 32.2. The maximum atomic E-state index is 12.5. The molecule has 0 atom stereocenters. The zero-order valence-electron chi connectivity index (χ0n) is 14.1. The van der Waals surface area contributed by atoms with Gasteiger partial charge in [-0.05, 0) is 25.5 Å². The van der Waals surface area contributed by atoms with Crippen molar-refractivity contribution in [1.82, 2.24) is 14.4 Å². The van der Waals surface area contributed by atoms with Gasteiger partial charge in [-0.25, -0.2) is 8.42 Å². The molecule has 0 saturated carbocycles. The number of thiophene rings is 1. The zero-order valence-corrected chi connectivity index (χ0v) is 15.7. The topological polar surface area (TPSA) is 66.7 Å². The Morgan fingerprint density at radius 1 is 1.21 bits per heavy atom. The third-order valence-corrected chi connectivity index (χ3v) is 7.19. The number of rotatable bonds is 6. The van der Waals surface area contributed by atoms with E-state index in [-0.39, 0.29) is 5.75 Å². The molecule has 0 aromatic carbocycles. The second-order valence-corrected chi connectivity index (χ2v) is 9.31. The van der Waals surface area contributed by atoms with Gasteiger partial charge in [-0.1, -0.05) is 12.1 Å². The van der Waals surface area contributed by atoms with Crippen LogP contribution in [0.4, 0.5) is 0 Å². The predicted molar refractivity (Wildman–Crippen MR) is 94.4 cm³/mol. The van der Waals surface area contributed by atoms with Crippen molar-refractivity contribution in [3.05, 3.63) is 39.4 Å². The smallest absolute Gasteiger partial charge is 0.221 e. The standard InChI is InChI=1S/C16H23N3O3S2/c1-3-15-4-5-16(23-15)11-18-6-8-19(9-7-18)24(20,21)12-14-10-13(2)17-22-14/h4-5,10H,3,6-9,11-12H2,1-2H3. The molecule has 6 nitrogen and oxygen atoms in total. The Morgan fingerprint density at radius 3 is 2.50 bits per heavy atom. The SMILES string of the molecule is CCc1ccc(CN2CCN(S(=O)(=O)Cc3cc(C)no3)CC2)s1. The number of hydrogen-bond acceptors (Lipinski definition) is 6. The third-order valence-electron chi connectivity index (χ3n) is 4.17. The van der Waals surface area contributed by atoms with E-state index in [0.29, 0.717) is 24.5 Å². The first-order valence-corrected chi connectivity index (χ1v) is 10.6. The lowest BCUT2D eigenvalue weighted by atomic mass is 10.3. The van der Waals surface area contributed by atoms with Crippen LogP contribution in [0.25, 0.3) is 0 Å². The Labute approximate surface area is 147 Å².